The Bertz CT molecular complexity index is 1210. The van der Waals surface area contributed by atoms with Gasteiger partial charge in [0, 0.05) is 39.4 Å². The zero-order valence-electron chi connectivity index (χ0n) is 18.7. The number of aromatic nitrogens is 2. The Morgan fingerprint density at radius 3 is 2.71 bits per heavy atom. The molecular formula is C21H23ClFN4O6PS. The second-order valence-corrected chi connectivity index (χ2v) is 9.84. The largest absolute Gasteiger partial charge is 0.469 e. The number of thioether (sulfide) groups is 1. The highest BCUT2D eigenvalue weighted by Crippen LogP contribution is 2.37. The van der Waals surface area contributed by atoms with E-state index in [-0.39, 0.29) is 29.4 Å². The highest BCUT2D eigenvalue weighted by atomic mass is 35.5. The average molecular weight is 545 g/mol. The van der Waals surface area contributed by atoms with Gasteiger partial charge in [-0.1, -0.05) is 17.7 Å². The van der Waals surface area contributed by atoms with Gasteiger partial charge in [0.05, 0.1) is 13.2 Å². The number of halogens is 2. The van der Waals surface area contributed by atoms with Crippen LogP contribution in [0.1, 0.15) is 30.3 Å². The van der Waals surface area contributed by atoms with Crippen molar-refractivity contribution in [3.63, 3.8) is 0 Å². The van der Waals surface area contributed by atoms with Gasteiger partial charge in [-0.05, 0) is 49.9 Å². The number of rotatable bonds is 11. The molecule has 188 valence electrons. The summed E-state index contributed by atoms with van der Waals surface area (Å²) in [5, 5.41) is -0.311. The number of hydrogen-bond acceptors (Lipinski definition) is 8. The number of phosphoric acid groups is 1. The van der Waals surface area contributed by atoms with Gasteiger partial charge in [-0.15, -0.1) is 0 Å². The van der Waals surface area contributed by atoms with Crippen molar-refractivity contribution in [2.45, 2.75) is 26.8 Å². The van der Waals surface area contributed by atoms with Crippen LogP contribution in [-0.4, -0.2) is 42.8 Å². The SMILES string of the molecule is C/C(=C(\CCOP(=O)(O)O)SC(=O)/C=C/c1ccc(Cl)cc1F)N(C=O)Cc1cnc(C)nc1N. The number of amides is 1. The quantitative estimate of drug-likeness (QED) is 0.216. The van der Waals surface area contributed by atoms with E-state index in [0.29, 0.717) is 40.2 Å². The minimum atomic E-state index is -4.74. The highest BCUT2D eigenvalue weighted by Gasteiger charge is 2.19. The first-order chi connectivity index (χ1) is 16.4. The number of carbonyl (C=O) groups excluding carboxylic acids is 2. The van der Waals surface area contributed by atoms with Crippen LogP contribution in [0.3, 0.4) is 0 Å². The number of nitrogen functional groups attached to an aromatic ring is 1. The number of hydrogen-bond donors (Lipinski definition) is 3. The molecule has 4 N–H and O–H groups in total. The van der Waals surface area contributed by atoms with Crippen LogP contribution in [-0.2, 0) is 25.2 Å². The first-order valence-electron chi connectivity index (χ1n) is 9.94. The molecule has 0 unspecified atom stereocenters. The smallest absolute Gasteiger partial charge is 0.383 e. The fourth-order valence-corrected chi connectivity index (χ4v) is 4.04. The van der Waals surface area contributed by atoms with Crippen molar-refractivity contribution in [2.24, 2.45) is 0 Å². The van der Waals surface area contributed by atoms with Crippen LogP contribution in [0.4, 0.5) is 10.2 Å². The van der Waals surface area contributed by atoms with Crippen LogP contribution in [0, 0.1) is 12.7 Å². The van der Waals surface area contributed by atoms with E-state index >= 15 is 0 Å². The van der Waals surface area contributed by atoms with Gasteiger partial charge in [0.25, 0.3) is 0 Å². The second kappa shape index (κ2) is 12.9. The zero-order chi connectivity index (χ0) is 26.2. The number of anilines is 1. The lowest BCUT2D eigenvalue weighted by molar-refractivity contribution is -0.117. The van der Waals surface area contributed by atoms with Crippen molar-refractivity contribution < 1.29 is 32.9 Å². The van der Waals surface area contributed by atoms with Crippen molar-refractivity contribution in [3.8, 4) is 0 Å². The molecule has 0 fully saturated rings. The zero-order valence-corrected chi connectivity index (χ0v) is 21.2. The summed E-state index contributed by atoms with van der Waals surface area (Å²) in [7, 11) is -4.74. The minimum absolute atomic E-state index is 0.00905. The van der Waals surface area contributed by atoms with Crippen LogP contribution in [0.25, 0.3) is 6.08 Å². The van der Waals surface area contributed by atoms with Crippen molar-refractivity contribution in [1.29, 1.82) is 0 Å². The van der Waals surface area contributed by atoms with Crippen LogP contribution >= 0.6 is 31.2 Å². The fraction of sp³-hybridized carbons (Fsp3) is 0.238. The molecular weight excluding hydrogens is 522 g/mol. The standard InChI is InChI=1S/C21H23ClFN4O6PS/c1-13(27(12-28)11-16-10-25-14(2)26-21(16)24)19(7-8-33-34(30,31)32)35-20(29)6-4-15-3-5-17(22)9-18(15)23/h3-6,9-10,12H,7-8,11H2,1-2H3,(H2,24,25,26)(H2,30,31,32)/b6-4+,19-13-. The lowest BCUT2D eigenvalue weighted by Crippen LogP contribution is -2.22. The van der Waals surface area contributed by atoms with Crippen LogP contribution < -0.4 is 5.73 Å². The summed E-state index contributed by atoms with van der Waals surface area (Å²) in [5.41, 5.74) is 6.82. The van der Waals surface area contributed by atoms with Crippen LogP contribution in [0.5, 0.6) is 0 Å². The van der Waals surface area contributed by atoms with Crippen LogP contribution in [0.2, 0.25) is 5.02 Å². The van der Waals surface area contributed by atoms with E-state index in [1.54, 1.807) is 13.8 Å². The molecule has 1 aromatic carbocycles. The molecule has 1 amide bonds. The van der Waals surface area contributed by atoms with Crippen molar-refractivity contribution in [1.82, 2.24) is 14.9 Å². The molecule has 10 nitrogen and oxygen atoms in total. The predicted molar refractivity (Wildman–Crippen MR) is 131 cm³/mol. The van der Waals surface area contributed by atoms with Gasteiger partial charge in [-0.2, -0.15) is 0 Å². The molecule has 2 rings (SSSR count). The third kappa shape index (κ3) is 9.52. The number of benzene rings is 1. The molecule has 14 heteroatoms. The van der Waals surface area contributed by atoms with E-state index < -0.39 is 25.4 Å². The molecule has 1 heterocycles. The van der Waals surface area contributed by atoms with Gasteiger partial charge in [0.2, 0.25) is 11.5 Å². The summed E-state index contributed by atoms with van der Waals surface area (Å²) in [6, 6.07) is 3.99. The van der Waals surface area contributed by atoms with Crippen molar-refractivity contribution in [2.75, 3.05) is 12.3 Å². The Kier molecular flexibility index (Phi) is 10.6. The van der Waals surface area contributed by atoms with E-state index in [2.05, 4.69) is 14.5 Å². The van der Waals surface area contributed by atoms with Gasteiger partial charge in [0.15, 0.2) is 0 Å². The van der Waals surface area contributed by atoms with E-state index in [4.69, 9.17) is 27.1 Å². The number of allylic oxidation sites excluding steroid dienone is 1. The Hall–Kier alpha value is -2.60. The molecule has 2 aromatic rings. The second-order valence-electron chi connectivity index (χ2n) is 7.06. The fourth-order valence-electron chi connectivity index (χ4n) is 2.73. The first kappa shape index (κ1) is 28.6. The summed E-state index contributed by atoms with van der Waals surface area (Å²) in [5.74, 6) is 0.0234. The lowest BCUT2D eigenvalue weighted by Gasteiger charge is -2.22. The van der Waals surface area contributed by atoms with Gasteiger partial charge >= 0.3 is 7.82 Å². The summed E-state index contributed by atoms with van der Waals surface area (Å²) in [6.45, 7) is 2.78. The number of nitrogens with two attached hydrogens (primary N) is 1. The van der Waals surface area contributed by atoms with E-state index in [9.17, 15) is 18.5 Å². The monoisotopic (exact) mass is 544 g/mol. The summed E-state index contributed by atoms with van der Waals surface area (Å²) < 4.78 is 29.5. The molecule has 0 aliphatic rings. The van der Waals surface area contributed by atoms with Crippen LogP contribution in [0.15, 0.2) is 41.1 Å². The minimum Gasteiger partial charge on any atom is -0.383 e. The maximum absolute atomic E-state index is 14.0. The molecule has 0 aliphatic heterocycles. The molecule has 1 aromatic heterocycles. The predicted octanol–water partition coefficient (Wildman–Crippen LogP) is 3.82. The molecule has 0 radical (unpaired) electrons. The number of carbonyl (C=O) groups is 2. The number of aryl methyl sites for hydroxylation is 1. The average Bonchev–Trinajstić information content (AvgIpc) is 2.76. The maximum Gasteiger partial charge on any atom is 0.469 e. The van der Waals surface area contributed by atoms with E-state index in [0.717, 1.165) is 12.1 Å². The Labute approximate surface area is 210 Å². The van der Waals surface area contributed by atoms with Crippen molar-refractivity contribution in [3.05, 3.63) is 68.9 Å². The van der Waals surface area contributed by atoms with Gasteiger partial charge in [0.1, 0.15) is 17.5 Å². The highest BCUT2D eigenvalue weighted by molar-refractivity contribution is 8.17. The first-order valence-corrected chi connectivity index (χ1v) is 12.7. The normalized spacial score (nSPS) is 12.5. The van der Waals surface area contributed by atoms with E-state index in [1.165, 1.54) is 29.3 Å². The third-order valence-electron chi connectivity index (χ3n) is 4.49. The maximum atomic E-state index is 14.0. The van der Waals surface area contributed by atoms with Gasteiger partial charge < -0.3 is 20.4 Å². The molecule has 0 saturated carbocycles. The summed E-state index contributed by atoms with van der Waals surface area (Å²) in [6.07, 6.45) is 4.29. The topological polar surface area (TPSA) is 156 Å². The Morgan fingerprint density at radius 1 is 1.40 bits per heavy atom. The van der Waals surface area contributed by atoms with E-state index in [1.807, 2.05) is 0 Å². The molecule has 0 atom stereocenters. The number of nitrogens with zero attached hydrogens (tertiary/aromatic N) is 3. The van der Waals surface area contributed by atoms with Gasteiger partial charge in [-0.25, -0.2) is 18.9 Å². The number of phosphoric ester groups is 1. The third-order valence-corrected chi connectivity index (χ3v) is 6.33. The lowest BCUT2D eigenvalue weighted by atomic mass is 10.2. The molecule has 0 aliphatic carbocycles. The molecule has 0 saturated heterocycles. The summed E-state index contributed by atoms with van der Waals surface area (Å²) in [4.78, 5) is 52.0. The summed E-state index contributed by atoms with van der Waals surface area (Å²) >= 11 is 6.43. The Morgan fingerprint density at radius 2 is 2.11 bits per heavy atom. The molecule has 0 bridgehead atoms. The van der Waals surface area contributed by atoms with Gasteiger partial charge in [-0.3, -0.25) is 14.1 Å². The van der Waals surface area contributed by atoms with Crippen molar-refractivity contribution >= 4 is 54.6 Å². The molecule has 35 heavy (non-hydrogen) atoms. The Balaban J connectivity index is 2.28. The molecule has 0 spiro atoms.